The Hall–Kier alpha value is -3.02. The fraction of sp³-hybridized carbons (Fsp3) is 0.350. The molecule has 0 unspecified atom stereocenters. The van der Waals surface area contributed by atoms with Gasteiger partial charge in [0.05, 0.1) is 29.4 Å². The van der Waals surface area contributed by atoms with E-state index in [-0.39, 0.29) is 35.2 Å². The maximum Gasteiger partial charge on any atom is 0.273 e. The van der Waals surface area contributed by atoms with Gasteiger partial charge in [-0.2, -0.15) is 4.31 Å². The van der Waals surface area contributed by atoms with Gasteiger partial charge in [-0.25, -0.2) is 13.4 Å². The number of aromatic amines is 1. The summed E-state index contributed by atoms with van der Waals surface area (Å²) in [6.45, 7) is 2.85. The highest BCUT2D eigenvalue weighted by atomic mass is 32.2. The molecule has 2 amide bonds. The Bertz CT molecular complexity index is 1190. The molecule has 0 saturated carbocycles. The lowest BCUT2D eigenvalue weighted by molar-refractivity contribution is -0.110. The van der Waals surface area contributed by atoms with Gasteiger partial charge in [0.25, 0.3) is 11.8 Å². The zero-order valence-corrected chi connectivity index (χ0v) is 18.2. The van der Waals surface area contributed by atoms with Crippen LogP contribution in [0.25, 0.3) is 11.6 Å². The number of aromatic nitrogens is 2. The van der Waals surface area contributed by atoms with Crippen molar-refractivity contribution in [3.8, 4) is 0 Å². The number of carbonyl (C=O) groups excluding carboxylic acids is 2. The SMILES string of the molecule is Cc1[nH]c(/C=C2\C(=O)Nc3cccc(S(=O)(=O)N4CCOCC4)c32)nc1C(=O)N(C)C. The molecule has 11 heteroatoms. The summed E-state index contributed by atoms with van der Waals surface area (Å²) in [7, 11) is -0.589. The molecular weight excluding hydrogens is 422 g/mol. The molecule has 0 radical (unpaired) electrons. The lowest BCUT2D eigenvalue weighted by Crippen LogP contribution is -2.40. The predicted molar refractivity (Wildman–Crippen MR) is 114 cm³/mol. The molecule has 0 atom stereocenters. The summed E-state index contributed by atoms with van der Waals surface area (Å²) in [6.07, 6.45) is 1.47. The minimum atomic E-state index is -3.83. The van der Waals surface area contributed by atoms with Gasteiger partial charge in [0, 0.05) is 38.4 Å². The number of imidazole rings is 1. The maximum atomic E-state index is 13.3. The maximum absolute atomic E-state index is 13.3. The fourth-order valence-electron chi connectivity index (χ4n) is 3.60. The number of anilines is 1. The van der Waals surface area contributed by atoms with E-state index in [1.54, 1.807) is 33.2 Å². The van der Waals surface area contributed by atoms with Gasteiger partial charge in [0.2, 0.25) is 10.0 Å². The van der Waals surface area contributed by atoms with Crippen LogP contribution in [0.3, 0.4) is 0 Å². The van der Waals surface area contributed by atoms with E-state index in [0.717, 1.165) is 0 Å². The standard InChI is InChI=1S/C20H23N5O5S/c1-12-18(20(27)24(2)3)23-16(21-12)11-13-17-14(22-19(13)26)5-4-6-15(17)31(28,29)25-7-9-30-10-8-25/h4-6,11H,7-10H2,1-3H3,(H,21,23)(H,22,26)/b13-11-. The van der Waals surface area contributed by atoms with Gasteiger partial charge < -0.3 is 19.9 Å². The monoisotopic (exact) mass is 445 g/mol. The number of hydrogen-bond donors (Lipinski definition) is 2. The van der Waals surface area contributed by atoms with Crippen LogP contribution in [0, 0.1) is 6.92 Å². The number of amides is 2. The van der Waals surface area contributed by atoms with Crippen LogP contribution in [-0.2, 0) is 19.6 Å². The molecule has 0 spiro atoms. The minimum Gasteiger partial charge on any atom is -0.379 e. The normalized spacial score (nSPS) is 18.2. The fourth-order valence-corrected chi connectivity index (χ4v) is 5.24. The average Bonchev–Trinajstić information content (AvgIpc) is 3.27. The summed E-state index contributed by atoms with van der Waals surface area (Å²) < 4.78 is 33.2. The number of carbonyl (C=O) groups is 2. The molecule has 31 heavy (non-hydrogen) atoms. The van der Waals surface area contributed by atoms with E-state index in [2.05, 4.69) is 15.3 Å². The molecule has 1 aromatic carbocycles. The first kappa shape index (κ1) is 21.2. The van der Waals surface area contributed by atoms with Crippen LogP contribution < -0.4 is 5.32 Å². The molecule has 10 nitrogen and oxygen atoms in total. The molecule has 3 heterocycles. The molecular formula is C20H23N5O5S. The van der Waals surface area contributed by atoms with Crippen molar-refractivity contribution >= 4 is 39.2 Å². The van der Waals surface area contributed by atoms with E-state index >= 15 is 0 Å². The summed E-state index contributed by atoms with van der Waals surface area (Å²) in [5, 5.41) is 2.71. The average molecular weight is 446 g/mol. The van der Waals surface area contributed by atoms with E-state index in [1.807, 2.05) is 0 Å². The number of fused-ring (bicyclic) bond motifs is 1. The number of aryl methyl sites for hydroxylation is 1. The van der Waals surface area contributed by atoms with Crippen molar-refractivity contribution in [2.45, 2.75) is 11.8 Å². The highest BCUT2D eigenvalue weighted by molar-refractivity contribution is 7.89. The van der Waals surface area contributed by atoms with E-state index in [4.69, 9.17) is 4.74 Å². The molecule has 1 aromatic heterocycles. The third-order valence-corrected chi connectivity index (χ3v) is 7.11. The van der Waals surface area contributed by atoms with Crippen LogP contribution in [0.15, 0.2) is 23.1 Å². The lowest BCUT2D eigenvalue weighted by Gasteiger charge is -2.26. The van der Waals surface area contributed by atoms with Crippen molar-refractivity contribution in [1.82, 2.24) is 19.2 Å². The second-order valence-corrected chi connectivity index (χ2v) is 9.41. The molecule has 2 N–H and O–H groups in total. The van der Waals surface area contributed by atoms with E-state index in [0.29, 0.717) is 36.0 Å². The number of rotatable bonds is 4. The van der Waals surface area contributed by atoms with Gasteiger partial charge in [-0.15, -0.1) is 0 Å². The first-order chi connectivity index (χ1) is 14.7. The smallest absolute Gasteiger partial charge is 0.273 e. The van der Waals surface area contributed by atoms with Crippen molar-refractivity contribution in [2.24, 2.45) is 0 Å². The summed E-state index contributed by atoms with van der Waals surface area (Å²) in [5.74, 6) is -0.418. The Morgan fingerprint density at radius 2 is 1.97 bits per heavy atom. The van der Waals surface area contributed by atoms with E-state index in [9.17, 15) is 18.0 Å². The van der Waals surface area contributed by atoms with Gasteiger partial charge in [0.1, 0.15) is 11.5 Å². The Kier molecular flexibility index (Phi) is 5.42. The third-order valence-electron chi connectivity index (χ3n) is 5.17. The van der Waals surface area contributed by atoms with Gasteiger partial charge in [-0.3, -0.25) is 9.59 Å². The van der Waals surface area contributed by atoms with Crippen molar-refractivity contribution in [3.05, 3.63) is 41.0 Å². The second-order valence-electron chi connectivity index (χ2n) is 7.50. The molecule has 1 saturated heterocycles. The van der Waals surface area contributed by atoms with Crippen LogP contribution in [0.2, 0.25) is 0 Å². The first-order valence-corrected chi connectivity index (χ1v) is 11.2. The Balaban J connectivity index is 1.80. The summed E-state index contributed by atoms with van der Waals surface area (Å²) in [5.41, 5.74) is 1.68. The van der Waals surface area contributed by atoms with Gasteiger partial charge in [-0.1, -0.05) is 6.07 Å². The van der Waals surface area contributed by atoms with Crippen molar-refractivity contribution in [3.63, 3.8) is 0 Å². The highest BCUT2D eigenvalue weighted by Gasteiger charge is 2.35. The zero-order chi connectivity index (χ0) is 22.3. The number of hydrogen-bond acceptors (Lipinski definition) is 6. The number of sulfonamides is 1. The Labute approximate surface area is 179 Å². The number of H-pyrrole nitrogens is 1. The zero-order valence-electron chi connectivity index (χ0n) is 17.4. The largest absolute Gasteiger partial charge is 0.379 e. The van der Waals surface area contributed by atoms with Gasteiger partial charge >= 0.3 is 0 Å². The van der Waals surface area contributed by atoms with Crippen LogP contribution in [-0.4, -0.2) is 79.8 Å². The van der Waals surface area contributed by atoms with Gasteiger partial charge in [0.15, 0.2) is 0 Å². The number of benzene rings is 1. The summed E-state index contributed by atoms with van der Waals surface area (Å²) in [4.78, 5) is 33.7. The Morgan fingerprint density at radius 1 is 1.26 bits per heavy atom. The van der Waals surface area contributed by atoms with Crippen molar-refractivity contribution in [1.29, 1.82) is 0 Å². The molecule has 0 bridgehead atoms. The summed E-state index contributed by atoms with van der Waals surface area (Å²) >= 11 is 0. The first-order valence-electron chi connectivity index (χ1n) is 9.72. The summed E-state index contributed by atoms with van der Waals surface area (Å²) in [6, 6.07) is 4.74. The number of morpholine rings is 1. The molecule has 0 aliphatic carbocycles. The molecule has 1 fully saturated rings. The topological polar surface area (TPSA) is 125 Å². The van der Waals surface area contributed by atoms with Crippen molar-refractivity contribution < 1.29 is 22.7 Å². The number of nitrogens with one attached hydrogen (secondary N) is 2. The molecule has 2 aliphatic rings. The third kappa shape index (κ3) is 3.75. The number of nitrogens with zero attached hydrogens (tertiary/aromatic N) is 3. The van der Waals surface area contributed by atoms with Crippen LogP contribution in [0.4, 0.5) is 5.69 Å². The minimum absolute atomic E-state index is 0.0457. The van der Waals surface area contributed by atoms with E-state index < -0.39 is 15.9 Å². The molecule has 2 aromatic rings. The molecule has 164 valence electrons. The van der Waals surface area contributed by atoms with E-state index in [1.165, 1.54) is 21.3 Å². The predicted octanol–water partition coefficient (Wildman–Crippen LogP) is 0.934. The van der Waals surface area contributed by atoms with Crippen LogP contribution in [0.5, 0.6) is 0 Å². The van der Waals surface area contributed by atoms with Crippen LogP contribution >= 0.6 is 0 Å². The van der Waals surface area contributed by atoms with Crippen LogP contribution in [0.1, 0.15) is 27.6 Å². The molecule has 2 aliphatic heterocycles. The van der Waals surface area contributed by atoms with Crippen molar-refractivity contribution in [2.75, 3.05) is 45.7 Å². The number of ether oxygens (including phenoxy) is 1. The molecule has 4 rings (SSSR count). The highest BCUT2D eigenvalue weighted by Crippen LogP contribution is 2.38. The second kappa shape index (κ2) is 7.91. The Morgan fingerprint density at radius 3 is 2.65 bits per heavy atom. The quantitative estimate of drug-likeness (QED) is 0.675. The van der Waals surface area contributed by atoms with Gasteiger partial charge in [-0.05, 0) is 25.1 Å². The lowest BCUT2D eigenvalue weighted by atomic mass is 10.1.